The van der Waals surface area contributed by atoms with Crippen molar-refractivity contribution < 1.29 is 19.1 Å². The van der Waals surface area contributed by atoms with Crippen LogP contribution in [0.5, 0.6) is 5.75 Å². The molecule has 2 aliphatic rings. The summed E-state index contributed by atoms with van der Waals surface area (Å²) < 4.78 is 5.22. The van der Waals surface area contributed by atoms with E-state index < -0.39 is 0 Å². The predicted molar refractivity (Wildman–Crippen MR) is 113 cm³/mol. The number of amides is 3. The van der Waals surface area contributed by atoms with E-state index in [1.165, 1.54) is 0 Å². The highest BCUT2D eigenvalue weighted by molar-refractivity contribution is 6.00. The summed E-state index contributed by atoms with van der Waals surface area (Å²) in [5, 5.41) is 2.77. The normalized spacial score (nSPS) is 18.8. The van der Waals surface area contributed by atoms with Crippen molar-refractivity contribution in [1.29, 1.82) is 0 Å². The van der Waals surface area contributed by atoms with Crippen LogP contribution in [0.1, 0.15) is 33.6 Å². The SMILES string of the molecule is COc1cccc(C(=O)C2CCCN(C(=O)c3cccc(N4CCNC4=O)c3)C2)c1. The standard InChI is InChI=1S/C23H25N3O4/c1-30-20-9-3-5-16(14-20)21(27)18-7-4-11-25(15-18)22(28)17-6-2-8-19(13-17)26-12-10-24-23(26)29/h2-3,5-6,8-9,13-14,18H,4,7,10-12,15H2,1H3,(H,24,29). The van der Waals surface area contributed by atoms with Crippen LogP contribution in [-0.2, 0) is 0 Å². The molecule has 0 aliphatic carbocycles. The number of Topliss-reactive ketones (excluding diaryl/α,β-unsaturated/α-hetero) is 1. The lowest BCUT2D eigenvalue weighted by atomic mass is 9.89. The zero-order chi connectivity index (χ0) is 21.1. The van der Waals surface area contributed by atoms with Crippen molar-refractivity contribution in [2.24, 2.45) is 5.92 Å². The maximum absolute atomic E-state index is 13.1. The van der Waals surface area contributed by atoms with Crippen molar-refractivity contribution in [2.75, 3.05) is 38.2 Å². The Bertz CT molecular complexity index is 974. The molecule has 1 N–H and O–H groups in total. The summed E-state index contributed by atoms with van der Waals surface area (Å²) in [4.78, 5) is 41.4. The zero-order valence-corrected chi connectivity index (χ0v) is 17.0. The molecule has 0 radical (unpaired) electrons. The third-order valence-electron chi connectivity index (χ3n) is 5.70. The molecular weight excluding hydrogens is 382 g/mol. The quantitative estimate of drug-likeness (QED) is 0.773. The van der Waals surface area contributed by atoms with Gasteiger partial charge in [-0.1, -0.05) is 18.2 Å². The minimum Gasteiger partial charge on any atom is -0.497 e. The highest BCUT2D eigenvalue weighted by atomic mass is 16.5. The van der Waals surface area contributed by atoms with E-state index in [9.17, 15) is 14.4 Å². The maximum atomic E-state index is 13.1. The van der Waals surface area contributed by atoms with Crippen LogP contribution in [0.2, 0.25) is 0 Å². The van der Waals surface area contributed by atoms with E-state index in [0.717, 1.165) is 12.8 Å². The van der Waals surface area contributed by atoms with E-state index in [1.54, 1.807) is 59.4 Å². The van der Waals surface area contributed by atoms with Gasteiger partial charge in [0.25, 0.3) is 5.91 Å². The Hall–Kier alpha value is -3.35. The van der Waals surface area contributed by atoms with Gasteiger partial charge in [-0.05, 0) is 43.2 Å². The number of ketones is 1. The molecule has 0 aromatic heterocycles. The number of hydrogen-bond acceptors (Lipinski definition) is 4. The van der Waals surface area contributed by atoms with E-state index in [2.05, 4.69) is 5.32 Å². The molecular formula is C23H25N3O4. The lowest BCUT2D eigenvalue weighted by Crippen LogP contribution is -2.42. The van der Waals surface area contributed by atoms with Crippen molar-refractivity contribution >= 4 is 23.4 Å². The van der Waals surface area contributed by atoms with Gasteiger partial charge in [-0.15, -0.1) is 0 Å². The Kier molecular flexibility index (Phi) is 5.70. The van der Waals surface area contributed by atoms with Crippen molar-refractivity contribution in [3.05, 3.63) is 59.7 Å². The first-order chi connectivity index (χ1) is 14.6. The zero-order valence-electron chi connectivity index (χ0n) is 17.0. The molecule has 2 heterocycles. The highest BCUT2D eigenvalue weighted by Gasteiger charge is 2.30. The van der Waals surface area contributed by atoms with Crippen molar-refractivity contribution in [3.63, 3.8) is 0 Å². The van der Waals surface area contributed by atoms with Crippen LogP contribution in [0.15, 0.2) is 48.5 Å². The summed E-state index contributed by atoms with van der Waals surface area (Å²) in [5.74, 6) is 0.336. The fraction of sp³-hybridized carbons (Fsp3) is 0.348. The number of carbonyl (C=O) groups is 3. The molecule has 0 bridgehead atoms. The number of anilines is 1. The molecule has 4 rings (SSSR count). The van der Waals surface area contributed by atoms with E-state index in [0.29, 0.717) is 48.7 Å². The number of hydrogen-bond donors (Lipinski definition) is 1. The Balaban J connectivity index is 1.48. The second kappa shape index (κ2) is 8.57. The van der Waals surface area contributed by atoms with Crippen LogP contribution in [0.25, 0.3) is 0 Å². The molecule has 7 nitrogen and oxygen atoms in total. The summed E-state index contributed by atoms with van der Waals surface area (Å²) in [6, 6.07) is 14.1. The first kappa shape index (κ1) is 19.9. The van der Waals surface area contributed by atoms with Gasteiger partial charge >= 0.3 is 6.03 Å². The second-order valence-corrected chi connectivity index (χ2v) is 7.62. The molecule has 2 fully saturated rings. The summed E-state index contributed by atoms with van der Waals surface area (Å²) in [6.07, 6.45) is 1.54. The Morgan fingerprint density at radius 2 is 1.87 bits per heavy atom. The van der Waals surface area contributed by atoms with Crippen LogP contribution in [-0.4, -0.2) is 55.9 Å². The summed E-state index contributed by atoms with van der Waals surface area (Å²) in [5.41, 5.74) is 1.84. The Morgan fingerprint density at radius 3 is 2.63 bits per heavy atom. The van der Waals surface area contributed by atoms with Crippen molar-refractivity contribution in [3.8, 4) is 5.75 Å². The van der Waals surface area contributed by atoms with Gasteiger partial charge in [-0.2, -0.15) is 0 Å². The molecule has 2 aromatic carbocycles. The minimum atomic E-state index is -0.234. The van der Waals surface area contributed by atoms with Crippen LogP contribution in [0.3, 0.4) is 0 Å². The van der Waals surface area contributed by atoms with E-state index >= 15 is 0 Å². The third-order valence-corrected chi connectivity index (χ3v) is 5.70. The number of carbonyl (C=O) groups excluding carboxylic acids is 3. The summed E-state index contributed by atoms with van der Waals surface area (Å²) in [7, 11) is 1.57. The van der Waals surface area contributed by atoms with Crippen molar-refractivity contribution in [2.45, 2.75) is 12.8 Å². The van der Waals surface area contributed by atoms with Gasteiger partial charge in [-0.3, -0.25) is 14.5 Å². The van der Waals surface area contributed by atoms with Gasteiger partial charge in [0.15, 0.2) is 5.78 Å². The molecule has 30 heavy (non-hydrogen) atoms. The monoisotopic (exact) mass is 407 g/mol. The Labute approximate surface area is 175 Å². The smallest absolute Gasteiger partial charge is 0.321 e. The maximum Gasteiger partial charge on any atom is 0.321 e. The topological polar surface area (TPSA) is 79.0 Å². The minimum absolute atomic E-state index is 0.0360. The fourth-order valence-electron chi connectivity index (χ4n) is 4.10. The molecule has 156 valence electrons. The number of piperidine rings is 1. The molecule has 1 atom stereocenters. The number of likely N-dealkylation sites (tertiary alicyclic amines) is 1. The molecule has 2 saturated heterocycles. The van der Waals surface area contributed by atoms with Crippen molar-refractivity contribution in [1.82, 2.24) is 10.2 Å². The van der Waals surface area contributed by atoms with Crippen LogP contribution < -0.4 is 15.0 Å². The number of methoxy groups -OCH3 is 1. The lowest BCUT2D eigenvalue weighted by molar-refractivity contribution is 0.0636. The van der Waals surface area contributed by atoms with Gasteiger partial charge in [0.1, 0.15) is 5.75 Å². The number of ether oxygens (including phenoxy) is 1. The number of nitrogens with zero attached hydrogens (tertiary/aromatic N) is 2. The average molecular weight is 407 g/mol. The van der Waals surface area contributed by atoms with Gasteiger partial charge in [0.2, 0.25) is 0 Å². The number of rotatable bonds is 5. The lowest BCUT2D eigenvalue weighted by Gasteiger charge is -2.32. The number of benzene rings is 2. The predicted octanol–water partition coefficient (Wildman–Crippen LogP) is 2.96. The van der Waals surface area contributed by atoms with E-state index in [1.807, 2.05) is 6.07 Å². The van der Waals surface area contributed by atoms with Gasteiger partial charge in [0.05, 0.1) is 7.11 Å². The second-order valence-electron chi connectivity index (χ2n) is 7.62. The molecule has 2 aliphatic heterocycles. The first-order valence-electron chi connectivity index (χ1n) is 10.2. The molecule has 7 heteroatoms. The average Bonchev–Trinajstić information content (AvgIpc) is 3.24. The van der Waals surface area contributed by atoms with E-state index in [-0.39, 0.29) is 23.6 Å². The highest BCUT2D eigenvalue weighted by Crippen LogP contribution is 2.25. The third kappa shape index (κ3) is 4.01. The number of nitrogens with one attached hydrogen (secondary N) is 1. The molecule has 2 aromatic rings. The largest absolute Gasteiger partial charge is 0.497 e. The fourth-order valence-corrected chi connectivity index (χ4v) is 4.10. The van der Waals surface area contributed by atoms with Crippen LogP contribution in [0.4, 0.5) is 10.5 Å². The molecule has 0 spiro atoms. The Morgan fingerprint density at radius 1 is 1.07 bits per heavy atom. The summed E-state index contributed by atoms with van der Waals surface area (Å²) >= 11 is 0. The van der Waals surface area contributed by atoms with Gasteiger partial charge in [0, 0.05) is 48.9 Å². The molecule has 0 saturated carbocycles. The van der Waals surface area contributed by atoms with Crippen LogP contribution in [0, 0.1) is 5.92 Å². The summed E-state index contributed by atoms with van der Waals surface area (Å²) in [6.45, 7) is 2.19. The van der Waals surface area contributed by atoms with Crippen LogP contribution >= 0.6 is 0 Å². The van der Waals surface area contributed by atoms with Gasteiger partial charge < -0.3 is 15.0 Å². The van der Waals surface area contributed by atoms with Gasteiger partial charge in [-0.25, -0.2) is 4.79 Å². The molecule has 1 unspecified atom stereocenters. The first-order valence-corrected chi connectivity index (χ1v) is 10.2. The van der Waals surface area contributed by atoms with E-state index in [4.69, 9.17) is 4.74 Å². The molecule has 3 amide bonds. The number of urea groups is 1.